The highest BCUT2D eigenvalue weighted by Crippen LogP contribution is 2.25. The highest BCUT2D eigenvalue weighted by molar-refractivity contribution is 5.97. The van der Waals surface area contributed by atoms with Crippen molar-refractivity contribution in [3.05, 3.63) is 65.7 Å². The van der Waals surface area contributed by atoms with Gasteiger partial charge in [0.15, 0.2) is 0 Å². The van der Waals surface area contributed by atoms with Gasteiger partial charge in [-0.05, 0) is 42.5 Å². The zero-order valence-corrected chi connectivity index (χ0v) is 17.9. The molecule has 0 aromatic heterocycles. The van der Waals surface area contributed by atoms with Crippen molar-refractivity contribution in [2.45, 2.75) is 59.5 Å². The molecular weight excluding hydrogens is 348 g/mol. The lowest BCUT2D eigenvalue weighted by atomic mass is 9.87. The van der Waals surface area contributed by atoms with E-state index in [1.165, 1.54) is 12.5 Å². The normalized spacial score (nSPS) is 11.4. The van der Waals surface area contributed by atoms with E-state index in [0.717, 1.165) is 11.3 Å². The van der Waals surface area contributed by atoms with Crippen LogP contribution in [-0.4, -0.2) is 29.3 Å². The van der Waals surface area contributed by atoms with Crippen molar-refractivity contribution in [2.75, 3.05) is 11.4 Å². The van der Waals surface area contributed by atoms with E-state index in [4.69, 9.17) is 0 Å². The van der Waals surface area contributed by atoms with Crippen LogP contribution in [-0.2, 0) is 21.5 Å². The number of rotatable bonds is 6. The molecule has 0 saturated carbocycles. The van der Waals surface area contributed by atoms with E-state index < -0.39 is 0 Å². The Balaban J connectivity index is 2.19. The predicted octanol–water partition coefficient (Wildman–Crippen LogP) is 4.77. The van der Waals surface area contributed by atoms with Gasteiger partial charge in [0, 0.05) is 25.2 Å². The van der Waals surface area contributed by atoms with Gasteiger partial charge in [0.25, 0.3) is 0 Å². The summed E-state index contributed by atoms with van der Waals surface area (Å²) in [5.41, 5.74) is 3.06. The number of benzene rings is 2. The molecule has 0 aliphatic rings. The average molecular weight is 381 g/mol. The number of hydrogen-bond acceptors (Lipinski definition) is 2. The van der Waals surface area contributed by atoms with Crippen LogP contribution in [0.5, 0.6) is 0 Å². The fourth-order valence-corrected chi connectivity index (χ4v) is 3.09. The SMILES string of the molecule is CC(=O)N(CC(=O)N(Cc1ccccc1)C(C)C)c1ccc(C(C)(C)C)cc1. The summed E-state index contributed by atoms with van der Waals surface area (Å²) >= 11 is 0. The van der Waals surface area contributed by atoms with Gasteiger partial charge in [-0.1, -0.05) is 63.2 Å². The quantitative estimate of drug-likeness (QED) is 0.724. The Morgan fingerprint density at radius 1 is 0.929 bits per heavy atom. The number of carbonyl (C=O) groups excluding carboxylic acids is 2. The average Bonchev–Trinajstić information content (AvgIpc) is 2.63. The molecule has 150 valence electrons. The minimum atomic E-state index is -0.139. The molecule has 2 aromatic rings. The molecule has 0 atom stereocenters. The summed E-state index contributed by atoms with van der Waals surface area (Å²) in [4.78, 5) is 28.7. The first-order valence-electron chi connectivity index (χ1n) is 9.81. The molecule has 0 saturated heterocycles. The predicted molar refractivity (Wildman–Crippen MR) is 115 cm³/mol. The first kappa shape index (κ1) is 21.7. The molecule has 2 rings (SSSR count). The van der Waals surface area contributed by atoms with E-state index in [-0.39, 0.29) is 29.8 Å². The van der Waals surface area contributed by atoms with Gasteiger partial charge in [0.1, 0.15) is 6.54 Å². The molecule has 0 N–H and O–H groups in total. The van der Waals surface area contributed by atoms with Crippen molar-refractivity contribution in [3.63, 3.8) is 0 Å². The second-order valence-electron chi connectivity index (χ2n) is 8.50. The largest absolute Gasteiger partial charge is 0.334 e. The summed E-state index contributed by atoms with van der Waals surface area (Å²) in [6.45, 7) is 12.5. The van der Waals surface area contributed by atoms with E-state index in [0.29, 0.717) is 6.54 Å². The van der Waals surface area contributed by atoms with Crippen LogP contribution in [0.3, 0.4) is 0 Å². The molecule has 0 fully saturated rings. The lowest BCUT2D eigenvalue weighted by molar-refractivity contribution is -0.133. The summed E-state index contributed by atoms with van der Waals surface area (Å²) in [7, 11) is 0. The lowest BCUT2D eigenvalue weighted by Crippen LogP contribution is -2.44. The summed E-state index contributed by atoms with van der Waals surface area (Å²) in [6, 6.07) is 17.9. The van der Waals surface area contributed by atoms with Crippen LogP contribution < -0.4 is 4.90 Å². The third kappa shape index (κ3) is 5.69. The van der Waals surface area contributed by atoms with Crippen LogP contribution in [0.1, 0.15) is 52.7 Å². The molecule has 0 radical (unpaired) electrons. The molecular formula is C24H32N2O2. The number of hydrogen-bond donors (Lipinski definition) is 0. The number of amides is 2. The molecule has 0 heterocycles. The molecule has 0 aliphatic carbocycles. The zero-order chi connectivity index (χ0) is 20.9. The summed E-state index contributed by atoms with van der Waals surface area (Å²) < 4.78 is 0. The molecule has 0 bridgehead atoms. The van der Waals surface area contributed by atoms with Crippen LogP contribution in [0, 0.1) is 0 Å². The number of carbonyl (C=O) groups is 2. The topological polar surface area (TPSA) is 40.6 Å². The van der Waals surface area contributed by atoms with Gasteiger partial charge in [-0.15, -0.1) is 0 Å². The third-order valence-electron chi connectivity index (χ3n) is 4.86. The summed E-state index contributed by atoms with van der Waals surface area (Å²) in [5, 5.41) is 0. The minimum absolute atomic E-state index is 0.0369. The van der Waals surface area contributed by atoms with Crippen LogP contribution in [0.4, 0.5) is 5.69 Å². The molecule has 0 spiro atoms. The van der Waals surface area contributed by atoms with Crippen molar-refractivity contribution in [2.24, 2.45) is 0 Å². The van der Waals surface area contributed by atoms with Gasteiger partial charge in [-0.25, -0.2) is 0 Å². The zero-order valence-electron chi connectivity index (χ0n) is 17.9. The van der Waals surface area contributed by atoms with Crippen LogP contribution in [0.25, 0.3) is 0 Å². The number of nitrogens with zero attached hydrogens (tertiary/aromatic N) is 2. The van der Waals surface area contributed by atoms with Gasteiger partial charge >= 0.3 is 0 Å². The van der Waals surface area contributed by atoms with E-state index in [2.05, 4.69) is 20.8 Å². The highest BCUT2D eigenvalue weighted by atomic mass is 16.2. The Morgan fingerprint density at radius 2 is 1.50 bits per heavy atom. The monoisotopic (exact) mass is 380 g/mol. The van der Waals surface area contributed by atoms with Gasteiger partial charge in [0.2, 0.25) is 11.8 Å². The van der Waals surface area contributed by atoms with E-state index in [1.807, 2.05) is 73.3 Å². The smallest absolute Gasteiger partial charge is 0.243 e. The second-order valence-corrected chi connectivity index (χ2v) is 8.50. The molecule has 0 aliphatic heterocycles. The van der Waals surface area contributed by atoms with E-state index in [1.54, 1.807) is 4.90 Å². The summed E-state index contributed by atoms with van der Waals surface area (Å²) in [5.74, 6) is -0.200. The fourth-order valence-electron chi connectivity index (χ4n) is 3.09. The third-order valence-corrected chi connectivity index (χ3v) is 4.86. The Labute approximate surface area is 169 Å². The number of anilines is 1. The summed E-state index contributed by atoms with van der Waals surface area (Å²) in [6.07, 6.45) is 0. The maximum atomic E-state index is 13.0. The van der Waals surface area contributed by atoms with E-state index >= 15 is 0 Å². The van der Waals surface area contributed by atoms with Crippen molar-refractivity contribution in [1.82, 2.24) is 4.90 Å². The van der Waals surface area contributed by atoms with Crippen LogP contribution in [0.15, 0.2) is 54.6 Å². The van der Waals surface area contributed by atoms with Crippen LogP contribution in [0.2, 0.25) is 0 Å². The minimum Gasteiger partial charge on any atom is -0.334 e. The molecule has 0 unspecified atom stereocenters. The van der Waals surface area contributed by atoms with Gasteiger partial charge in [-0.3, -0.25) is 9.59 Å². The first-order valence-corrected chi connectivity index (χ1v) is 9.81. The van der Waals surface area contributed by atoms with Gasteiger partial charge < -0.3 is 9.80 Å². The van der Waals surface area contributed by atoms with Crippen molar-refractivity contribution >= 4 is 17.5 Å². The Bertz CT molecular complexity index is 790. The lowest BCUT2D eigenvalue weighted by Gasteiger charge is -2.30. The molecule has 28 heavy (non-hydrogen) atoms. The second kappa shape index (κ2) is 9.05. The highest BCUT2D eigenvalue weighted by Gasteiger charge is 2.23. The van der Waals surface area contributed by atoms with Crippen molar-refractivity contribution in [3.8, 4) is 0 Å². The van der Waals surface area contributed by atoms with Gasteiger partial charge in [-0.2, -0.15) is 0 Å². The molecule has 4 nitrogen and oxygen atoms in total. The van der Waals surface area contributed by atoms with Crippen LogP contribution >= 0.6 is 0 Å². The fraction of sp³-hybridized carbons (Fsp3) is 0.417. The molecule has 4 heteroatoms. The van der Waals surface area contributed by atoms with Crippen molar-refractivity contribution < 1.29 is 9.59 Å². The Morgan fingerprint density at radius 3 is 1.96 bits per heavy atom. The van der Waals surface area contributed by atoms with E-state index in [9.17, 15) is 9.59 Å². The van der Waals surface area contributed by atoms with Gasteiger partial charge in [0.05, 0.1) is 0 Å². The standard InChI is InChI=1S/C24H32N2O2/c1-18(2)25(16-20-10-8-7-9-11-20)23(28)17-26(19(3)27)22-14-12-21(13-15-22)24(4,5)6/h7-15,18H,16-17H2,1-6H3. The molecule has 2 aromatic carbocycles. The molecule has 2 amide bonds. The maximum absolute atomic E-state index is 13.0. The maximum Gasteiger partial charge on any atom is 0.243 e. The Kier molecular flexibility index (Phi) is 7.00. The van der Waals surface area contributed by atoms with Crippen molar-refractivity contribution in [1.29, 1.82) is 0 Å². The Hall–Kier alpha value is -2.62. The first-order chi connectivity index (χ1) is 13.1.